The fourth-order valence-electron chi connectivity index (χ4n) is 3.01. The van der Waals surface area contributed by atoms with Crippen LogP contribution in [0.3, 0.4) is 0 Å². The lowest BCUT2D eigenvalue weighted by atomic mass is 9.89. The number of hydrogen-bond donors (Lipinski definition) is 1. The van der Waals surface area contributed by atoms with E-state index >= 15 is 0 Å². The fraction of sp³-hybridized carbons (Fsp3) is 0.938. The van der Waals surface area contributed by atoms with Crippen LogP contribution < -0.4 is 5.32 Å². The van der Waals surface area contributed by atoms with Crippen LogP contribution in [0.25, 0.3) is 0 Å². The quantitative estimate of drug-likeness (QED) is 0.371. The molecule has 1 heterocycles. The molecule has 1 rings (SSSR count). The third kappa shape index (κ3) is 4.60. The Hall–Kier alpha value is -1.69. The lowest BCUT2D eigenvalue weighted by Crippen LogP contribution is -2.75. The van der Waals surface area contributed by atoms with Crippen LogP contribution in [0, 0.1) is 0 Å². The summed E-state index contributed by atoms with van der Waals surface area (Å²) >= 11 is 0. The number of amides is 1. The third-order valence-electron chi connectivity index (χ3n) is 5.24. The van der Waals surface area contributed by atoms with Crippen LogP contribution in [-0.2, 0) is 4.79 Å². The Morgan fingerprint density at radius 2 is 1.23 bits per heavy atom. The van der Waals surface area contributed by atoms with Crippen LogP contribution in [0.15, 0.2) is 0 Å². The lowest BCUT2D eigenvalue weighted by Gasteiger charge is -2.42. The van der Waals surface area contributed by atoms with Crippen molar-refractivity contribution < 1.29 is 75.0 Å². The van der Waals surface area contributed by atoms with Gasteiger partial charge in [0.15, 0.2) is 0 Å². The molecule has 1 fully saturated rings. The van der Waals surface area contributed by atoms with E-state index in [1.54, 1.807) is 0 Å². The second-order valence-corrected chi connectivity index (χ2v) is 7.58. The van der Waals surface area contributed by atoms with Crippen molar-refractivity contribution in [3.8, 4) is 0 Å². The first-order valence-electron chi connectivity index (χ1n) is 9.34. The van der Waals surface area contributed by atoms with Crippen molar-refractivity contribution in [1.82, 2.24) is 10.2 Å². The Kier molecular flexibility index (Phi) is 8.34. The fourth-order valence-corrected chi connectivity index (χ4v) is 3.01. The molecule has 0 aromatic carbocycles. The maximum Gasteiger partial charge on any atom is 0.392 e. The minimum atomic E-state index is -8.52. The maximum absolute atomic E-state index is 13.9. The molecule has 1 amide bonds. The molecule has 35 heavy (non-hydrogen) atoms. The van der Waals surface area contributed by atoms with E-state index in [1.165, 1.54) is 11.8 Å². The van der Waals surface area contributed by atoms with Gasteiger partial charge in [0.1, 0.15) is 0 Å². The number of likely N-dealkylation sites (N-methyl/N-ethyl adjacent to an activating group) is 1. The first kappa shape index (κ1) is 31.3. The number of rotatable bonds is 10. The summed E-state index contributed by atoms with van der Waals surface area (Å²) in [6, 6.07) is -1.44. The molecule has 0 aliphatic carbocycles. The van der Waals surface area contributed by atoms with Crippen LogP contribution in [0.4, 0.5) is 70.2 Å². The van der Waals surface area contributed by atoms with Gasteiger partial charge in [0.2, 0.25) is 0 Å². The first-order chi connectivity index (χ1) is 15.4. The Bertz CT molecular complexity index is 769. The molecule has 1 atom stereocenters. The molecule has 1 aliphatic rings. The molecular weight excluding hydrogens is 540 g/mol. The molecule has 19 heteroatoms. The van der Waals surface area contributed by atoms with Gasteiger partial charge < -0.3 is 10.2 Å². The number of carbonyl (C=O) groups excluding carboxylic acids is 1. The Balaban J connectivity index is 3.41. The monoisotopic (exact) mass is 556 g/mol. The molecule has 0 spiro atoms. The number of nitrogens with one attached hydrogen (secondary N) is 1. The second kappa shape index (κ2) is 9.32. The maximum atomic E-state index is 13.9. The van der Waals surface area contributed by atoms with Gasteiger partial charge in [-0.25, -0.2) is 8.78 Å². The molecule has 0 radical (unpaired) electrons. The topological polar surface area (TPSA) is 32.3 Å². The standard InChI is InChI=1S/C16H16F16N2O/c1-2-34-5-3-4-7(6-34)33-9(35)11(21,22)13(25,26)15(29,30)16(31,32)14(27,28)12(23,24)10(19,20)8(17)18/h7-8H,2-6H2,1H3,(H,33,35). The highest BCUT2D eigenvalue weighted by Crippen LogP contribution is 2.62. The summed E-state index contributed by atoms with van der Waals surface area (Å²) in [6.07, 6.45) is -5.96. The van der Waals surface area contributed by atoms with Gasteiger partial charge in [-0.05, 0) is 25.9 Å². The van der Waals surface area contributed by atoms with Gasteiger partial charge in [0.05, 0.1) is 0 Å². The minimum absolute atomic E-state index is 0.147. The highest BCUT2D eigenvalue weighted by molar-refractivity contribution is 5.85. The first-order valence-corrected chi connectivity index (χ1v) is 9.34. The number of piperidine rings is 1. The van der Waals surface area contributed by atoms with Crippen molar-refractivity contribution in [3.05, 3.63) is 0 Å². The lowest BCUT2D eigenvalue weighted by molar-refractivity contribution is -0.443. The van der Waals surface area contributed by atoms with E-state index in [2.05, 4.69) is 0 Å². The smallest absolute Gasteiger partial charge is 0.347 e. The van der Waals surface area contributed by atoms with Crippen LogP contribution in [0.2, 0.25) is 0 Å². The molecule has 208 valence electrons. The average molecular weight is 556 g/mol. The van der Waals surface area contributed by atoms with Crippen LogP contribution in [0.5, 0.6) is 0 Å². The number of halogens is 16. The normalized spacial score (nSPS) is 20.3. The molecule has 1 unspecified atom stereocenters. The number of likely N-dealkylation sites (tertiary alicyclic amines) is 1. The van der Waals surface area contributed by atoms with E-state index in [4.69, 9.17) is 0 Å². The van der Waals surface area contributed by atoms with Gasteiger partial charge in [0, 0.05) is 12.6 Å². The summed E-state index contributed by atoms with van der Waals surface area (Å²) < 4.78 is 213. The van der Waals surface area contributed by atoms with Crippen molar-refractivity contribution in [2.45, 2.75) is 73.7 Å². The summed E-state index contributed by atoms with van der Waals surface area (Å²) in [7, 11) is 0. The van der Waals surface area contributed by atoms with Crippen molar-refractivity contribution in [2.24, 2.45) is 0 Å². The van der Waals surface area contributed by atoms with Crippen LogP contribution in [-0.4, -0.2) is 84.4 Å². The Labute approximate surface area is 185 Å². The zero-order chi connectivity index (χ0) is 28.1. The molecule has 1 N–H and O–H groups in total. The molecule has 0 saturated carbocycles. The second-order valence-electron chi connectivity index (χ2n) is 7.58. The Morgan fingerprint density at radius 3 is 1.66 bits per heavy atom. The van der Waals surface area contributed by atoms with E-state index in [0.717, 1.165) is 5.32 Å². The predicted octanol–water partition coefficient (Wildman–Crippen LogP) is 5.30. The van der Waals surface area contributed by atoms with Gasteiger partial charge in [-0.3, -0.25) is 4.79 Å². The van der Waals surface area contributed by atoms with Gasteiger partial charge in [-0.2, -0.15) is 61.5 Å². The van der Waals surface area contributed by atoms with E-state index in [-0.39, 0.29) is 25.9 Å². The van der Waals surface area contributed by atoms with Gasteiger partial charge in [0.25, 0.3) is 5.91 Å². The molecule has 0 aromatic rings. The SMILES string of the molecule is CCN1CCCC(NC(=O)C(F)(F)C(F)(F)C(F)(F)C(F)(F)C(F)(F)C(F)(F)C(F)(F)C(F)F)C1. The van der Waals surface area contributed by atoms with Crippen molar-refractivity contribution >= 4 is 5.91 Å². The minimum Gasteiger partial charge on any atom is -0.347 e. The molecule has 0 aromatic heterocycles. The van der Waals surface area contributed by atoms with Gasteiger partial charge in [-0.1, -0.05) is 6.92 Å². The molecule has 0 bridgehead atoms. The average Bonchev–Trinajstić information content (AvgIpc) is 2.72. The van der Waals surface area contributed by atoms with E-state index in [9.17, 15) is 75.0 Å². The third-order valence-corrected chi connectivity index (χ3v) is 5.24. The summed E-state index contributed by atoms with van der Waals surface area (Å²) in [6.45, 7) is 1.77. The molecule has 3 nitrogen and oxygen atoms in total. The van der Waals surface area contributed by atoms with E-state index < -0.39 is 59.8 Å². The van der Waals surface area contributed by atoms with Crippen molar-refractivity contribution in [2.75, 3.05) is 19.6 Å². The van der Waals surface area contributed by atoms with Crippen molar-refractivity contribution in [1.29, 1.82) is 0 Å². The number of nitrogens with zero attached hydrogens (tertiary/aromatic N) is 1. The summed E-state index contributed by atoms with van der Waals surface area (Å²) in [5.74, 6) is -59.3. The van der Waals surface area contributed by atoms with Crippen molar-refractivity contribution in [3.63, 3.8) is 0 Å². The highest BCUT2D eigenvalue weighted by Gasteiger charge is 2.94. The molecule has 1 saturated heterocycles. The largest absolute Gasteiger partial charge is 0.392 e. The number of carbonyl (C=O) groups is 1. The van der Waals surface area contributed by atoms with Gasteiger partial charge >= 0.3 is 47.9 Å². The summed E-state index contributed by atoms with van der Waals surface area (Å²) in [4.78, 5) is 13.0. The van der Waals surface area contributed by atoms with E-state index in [0.29, 0.717) is 6.54 Å². The zero-order valence-electron chi connectivity index (χ0n) is 17.1. The van der Waals surface area contributed by atoms with Crippen LogP contribution in [0.1, 0.15) is 19.8 Å². The molecular formula is C16H16F16N2O. The van der Waals surface area contributed by atoms with Gasteiger partial charge in [-0.15, -0.1) is 0 Å². The highest BCUT2D eigenvalue weighted by atomic mass is 19.4. The predicted molar refractivity (Wildman–Crippen MR) is 83.9 cm³/mol. The van der Waals surface area contributed by atoms with Crippen LogP contribution >= 0.6 is 0 Å². The Morgan fingerprint density at radius 1 is 0.800 bits per heavy atom. The number of hydrogen-bond acceptors (Lipinski definition) is 2. The summed E-state index contributed by atoms with van der Waals surface area (Å²) in [5.41, 5.74) is 0. The van der Waals surface area contributed by atoms with E-state index in [1.807, 2.05) is 0 Å². The number of alkyl halides is 16. The summed E-state index contributed by atoms with van der Waals surface area (Å²) in [5, 5.41) is 1.12. The zero-order valence-corrected chi connectivity index (χ0v) is 17.1. The molecule has 1 aliphatic heterocycles.